The van der Waals surface area contributed by atoms with Crippen molar-refractivity contribution in [2.24, 2.45) is 5.92 Å². The fraction of sp³-hybridized carbons (Fsp3) is 1.00. The fourth-order valence-corrected chi connectivity index (χ4v) is 5.10. The van der Waals surface area contributed by atoms with Crippen LogP contribution in [-0.2, 0) is 4.74 Å². The van der Waals surface area contributed by atoms with Gasteiger partial charge in [-0.25, -0.2) is 10.0 Å². The first-order valence-corrected chi connectivity index (χ1v) is 12.5. The lowest BCUT2D eigenvalue weighted by Crippen LogP contribution is -2.70. The van der Waals surface area contributed by atoms with Gasteiger partial charge in [0.05, 0.1) is 6.10 Å². The first-order chi connectivity index (χ1) is 14.4. The monoisotopic (exact) mass is 536 g/mol. The van der Waals surface area contributed by atoms with Gasteiger partial charge in [0, 0.05) is 13.0 Å². The van der Waals surface area contributed by atoms with Crippen molar-refractivity contribution in [2.75, 3.05) is 30.6 Å². The van der Waals surface area contributed by atoms with Crippen LogP contribution < -0.4 is 0 Å². The predicted octanol–water partition coefficient (Wildman–Crippen LogP) is 7.38. The highest BCUT2D eigenvalue weighted by atomic mass is 32.3. The van der Waals surface area contributed by atoms with E-state index in [1.54, 1.807) is 0 Å². The van der Waals surface area contributed by atoms with Gasteiger partial charge in [-0.15, -0.1) is 0 Å². The quantitative estimate of drug-likeness (QED) is 0.265. The summed E-state index contributed by atoms with van der Waals surface area (Å²) in [7, 11) is -2.15. The van der Waals surface area contributed by atoms with Gasteiger partial charge in [-0.2, -0.15) is 57.1 Å². The van der Waals surface area contributed by atoms with Crippen LogP contribution in [0.3, 0.4) is 0 Å². The molecular formula is C18H25F13OS. The number of alkyl halides is 13. The molecule has 0 aromatic rings. The maximum atomic E-state index is 14.0. The average molecular weight is 536 g/mol. The summed E-state index contributed by atoms with van der Waals surface area (Å²) in [6.07, 6.45) is -4.75. The topological polar surface area (TPSA) is 9.23 Å². The molecule has 0 amide bonds. The zero-order valence-electron chi connectivity index (χ0n) is 17.8. The molecule has 33 heavy (non-hydrogen) atoms. The molecule has 2 atom stereocenters. The molecule has 2 unspecified atom stereocenters. The molecule has 1 heterocycles. The molecule has 0 radical (unpaired) electrons. The van der Waals surface area contributed by atoms with Crippen molar-refractivity contribution in [1.82, 2.24) is 0 Å². The average Bonchev–Trinajstić information content (AvgIpc) is 2.64. The van der Waals surface area contributed by atoms with Gasteiger partial charge in [-0.05, 0) is 56.1 Å². The normalized spacial score (nSPS) is 23.0. The number of rotatable bonds is 10. The van der Waals surface area contributed by atoms with Crippen LogP contribution in [0.1, 0.15) is 32.6 Å². The maximum Gasteiger partial charge on any atom is 0.460 e. The SMILES string of the molecule is CC1CCC(CCS(C)(C)CCC(F)(F)C(F)(F)C(F)(F)C(F)(F)C(F)(F)C(F)(F)F)CO1. The van der Waals surface area contributed by atoms with E-state index >= 15 is 0 Å². The van der Waals surface area contributed by atoms with Gasteiger partial charge < -0.3 is 4.74 Å². The Hall–Kier alpha value is -0.600. The Morgan fingerprint density at radius 2 is 1.18 bits per heavy atom. The summed E-state index contributed by atoms with van der Waals surface area (Å²) >= 11 is 0. The second-order valence-corrected chi connectivity index (χ2v) is 13.2. The van der Waals surface area contributed by atoms with Crippen molar-refractivity contribution < 1.29 is 61.8 Å². The summed E-state index contributed by atoms with van der Waals surface area (Å²) < 4.78 is 177. The predicted molar refractivity (Wildman–Crippen MR) is 97.3 cm³/mol. The third-order valence-corrected chi connectivity index (χ3v) is 8.29. The third kappa shape index (κ3) is 5.97. The second-order valence-electron chi connectivity index (χ2n) is 8.80. The molecule has 0 spiro atoms. The maximum absolute atomic E-state index is 14.0. The fourth-order valence-electron chi connectivity index (χ4n) is 3.12. The first-order valence-electron chi connectivity index (χ1n) is 9.69. The van der Waals surface area contributed by atoms with E-state index in [2.05, 4.69) is 0 Å². The molecule has 0 aromatic heterocycles. The Balaban J connectivity index is 2.96. The largest absolute Gasteiger partial charge is 0.460 e. The van der Waals surface area contributed by atoms with Crippen LogP contribution in [0, 0.1) is 5.92 Å². The van der Waals surface area contributed by atoms with Crippen molar-refractivity contribution >= 4 is 10.0 Å². The number of hydrogen-bond donors (Lipinski definition) is 0. The smallest absolute Gasteiger partial charge is 0.378 e. The van der Waals surface area contributed by atoms with Gasteiger partial charge in [0.15, 0.2) is 0 Å². The van der Waals surface area contributed by atoms with E-state index in [0.29, 0.717) is 13.0 Å². The Morgan fingerprint density at radius 1 is 0.697 bits per heavy atom. The van der Waals surface area contributed by atoms with E-state index in [9.17, 15) is 57.1 Å². The van der Waals surface area contributed by atoms with Gasteiger partial charge in [0.25, 0.3) is 0 Å². The zero-order valence-corrected chi connectivity index (χ0v) is 18.7. The van der Waals surface area contributed by atoms with Gasteiger partial charge >= 0.3 is 35.8 Å². The van der Waals surface area contributed by atoms with Crippen LogP contribution in [0.15, 0.2) is 0 Å². The molecule has 1 aliphatic heterocycles. The van der Waals surface area contributed by atoms with E-state index in [1.807, 2.05) is 6.92 Å². The molecule has 0 saturated carbocycles. The van der Waals surface area contributed by atoms with Crippen molar-refractivity contribution in [2.45, 2.75) is 74.5 Å². The second kappa shape index (κ2) is 9.45. The molecule has 1 fully saturated rings. The lowest BCUT2D eigenvalue weighted by atomic mass is 9.93. The van der Waals surface area contributed by atoms with Crippen LogP contribution in [-0.4, -0.2) is 72.5 Å². The van der Waals surface area contributed by atoms with Crippen molar-refractivity contribution in [3.8, 4) is 0 Å². The van der Waals surface area contributed by atoms with E-state index < -0.39 is 58.0 Å². The Bertz CT molecular complexity index is 652. The number of ether oxygens (including phenoxy) is 1. The van der Waals surface area contributed by atoms with Crippen molar-refractivity contribution in [3.05, 3.63) is 0 Å². The van der Waals surface area contributed by atoms with Gasteiger partial charge in [-0.3, -0.25) is 0 Å². The molecule has 200 valence electrons. The van der Waals surface area contributed by atoms with Gasteiger partial charge in [0.1, 0.15) is 0 Å². The van der Waals surface area contributed by atoms with Crippen LogP contribution in [0.4, 0.5) is 57.1 Å². The summed E-state index contributed by atoms with van der Waals surface area (Å²) in [5.41, 5.74) is 0. The van der Waals surface area contributed by atoms with E-state index in [-0.39, 0.29) is 17.8 Å². The highest BCUT2D eigenvalue weighted by Gasteiger charge is 2.90. The highest BCUT2D eigenvalue weighted by molar-refractivity contribution is 8.32. The summed E-state index contributed by atoms with van der Waals surface area (Å²) in [4.78, 5) is 0. The van der Waals surface area contributed by atoms with Crippen LogP contribution in [0.25, 0.3) is 0 Å². The van der Waals surface area contributed by atoms with E-state index in [1.165, 1.54) is 12.5 Å². The lowest BCUT2D eigenvalue weighted by Gasteiger charge is -2.41. The summed E-state index contributed by atoms with van der Waals surface area (Å²) in [6.45, 7) is 2.22. The highest BCUT2D eigenvalue weighted by Crippen LogP contribution is 2.61. The number of hydrogen-bond acceptors (Lipinski definition) is 1. The molecule has 0 aromatic carbocycles. The summed E-state index contributed by atoms with van der Waals surface area (Å²) in [6, 6.07) is 0. The van der Waals surface area contributed by atoms with Crippen LogP contribution >= 0.6 is 10.0 Å². The minimum Gasteiger partial charge on any atom is -0.378 e. The first kappa shape index (κ1) is 30.4. The van der Waals surface area contributed by atoms with Gasteiger partial charge in [0.2, 0.25) is 0 Å². The Kier molecular flexibility index (Phi) is 8.72. The Morgan fingerprint density at radius 3 is 1.61 bits per heavy atom. The van der Waals surface area contributed by atoms with Crippen LogP contribution in [0.2, 0.25) is 0 Å². The van der Waals surface area contributed by atoms with Crippen LogP contribution in [0.5, 0.6) is 0 Å². The molecule has 1 aliphatic rings. The minimum atomic E-state index is -7.84. The van der Waals surface area contributed by atoms with Crippen molar-refractivity contribution in [1.29, 1.82) is 0 Å². The zero-order chi connectivity index (χ0) is 26.3. The third-order valence-electron chi connectivity index (χ3n) is 5.64. The molecule has 0 bridgehead atoms. The van der Waals surface area contributed by atoms with Crippen molar-refractivity contribution in [3.63, 3.8) is 0 Å². The lowest BCUT2D eigenvalue weighted by molar-refractivity contribution is -0.439. The molecule has 1 saturated heterocycles. The molecule has 0 aliphatic carbocycles. The molecular weight excluding hydrogens is 511 g/mol. The molecule has 1 nitrogen and oxygen atoms in total. The molecule has 15 heteroatoms. The minimum absolute atomic E-state index is 0.0343. The van der Waals surface area contributed by atoms with E-state index in [4.69, 9.17) is 4.74 Å². The standard InChI is InChI=1S/C18H25F13OS/c1-11-4-5-12(10-32-11)6-8-33(2,3)9-7-13(19,20)14(21,22)15(23,24)16(25,26)17(27,28)18(29,30)31/h11-12H,4-10H2,1-3H3. The Labute approximate surface area is 183 Å². The summed E-state index contributed by atoms with van der Waals surface area (Å²) in [5, 5.41) is 0. The number of halogens is 13. The summed E-state index contributed by atoms with van der Waals surface area (Å²) in [5.74, 6) is -37.0. The molecule has 0 N–H and O–H groups in total. The van der Waals surface area contributed by atoms with E-state index in [0.717, 1.165) is 12.8 Å². The molecule has 1 rings (SSSR count). The van der Waals surface area contributed by atoms with Gasteiger partial charge in [-0.1, -0.05) is 0 Å².